The summed E-state index contributed by atoms with van der Waals surface area (Å²) in [6.45, 7) is 5.79. The molecule has 0 radical (unpaired) electrons. The molecule has 16 heavy (non-hydrogen) atoms. The molecule has 1 rings (SSSR count). The average molecular weight is 291 g/mol. The summed E-state index contributed by atoms with van der Waals surface area (Å²) in [7, 11) is 0. The van der Waals surface area contributed by atoms with Crippen LogP contribution in [0.3, 0.4) is 0 Å². The minimum Gasteiger partial charge on any atom is -0.378 e. The highest BCUT2D eigenvalue weighted by atomic mass is 79.9. The Kier molecular flexibility index (Phi) is 6.98. The van der Waals surface area contributed by atoms with Gasteiger partial charge in [-0.05, 0) is 43.9 Å². The van der Waals surface area contributed by atoms with Gasteiger partial charge in [-0.25, -0.2) is 0 Å². The lowest BCUT2D eigenvalue weighted by atomic mass is 9.80. The van der Waals surface area contributed by atoms with Crippen molar-refractivity contribution in [2.45, 2.75) is 71.3 Å². The van der Waals surface area contributed by atoms with E-state index in [1.165, 1.54) is 51.4 Å². The smallest absolute Gasteiger partial charge is 0.0580 e. The number of hydrogen-bond donors (Lipinski definition) is 0. The first-order chi connectivity index (χ1) is 7.64. The van der Waals surface area contributed by atoms with Gasteiger partial charge in [0.25, 0.3) is 0 Å². The highest BCUT2D eigenvalue weighted by Gasteiger charge is 2.24. The van der Waals surface area contributed by atoms with Crippen molar-refractivity contribution in [3.63, 3.8) is 0 Å². The van der Waals surface area contributed by atoms with E-state index in [-0.39, 0.29) is 0 Å². The van der Waals surface area contributed by atoms with Crippen molar-refractivity contribution in [1.82, 2.24) is 0 Å². The number of unbranched alkanes of at least 4 members (excludes halogenated alkanes) is 2. The third-order valence-corrected chi connectivity index (χ3v) is 4.10. The molecule has 0 spiro atoms. The Bertz CT molecular complexity index is 174. The monoisotopic (exact) mass is 290 g/mol. The van der Waals surface area contributed by atoms with Gasteiger partial charge in [-0.3, -0.25) is 0 Å². The lowest BCUT2D eigenvalue weighted by Crippen LogP contribution is -2.26. The lowest BCUT2D eigenvalue weighted by molar-refractivity contribution is -0.0113. The van der Waals surface area contributed by atoms with Crippen LogP contribution in [0.1, 0.15) is 65.2 Å². The van der Waals surface area contributed by atoms with Crippen LogP contribution >= 0.6 is 15.9 Å². The van der Waals surface area contributed by atoms with Gasteiger partial charge in [0.05, 0.1) is 6.10 Å². The summed E-state index contributed by atoms with van der Waals surface area (Å²) in [4.78, 5) is 0. The number of hydrogen-bond acceptors (Lipinski definition) is 1. The Hall–Kier alpha value is 0.440. The van der Waals surface area contributed by atoms with Gasteiger partial charge >= 0.3 is 0 Å². The Balaban J connectivity index is 2.16. The predicted octanol–water partition coefficient (Wildman–Crippen LogP) is 4.93. The molecule has 1 heterocycles. The molecule has 1 atom stereocenters. The summed E-state index contributed by atoms with van der Waals surface area (Å²) in [5, 5.41) is 1.15. The zero-order valence-corrected chi connectivity index (χ0v) is 12.5. The molecule has 0 aromatic heterocycles. The zero-order valence-electron chi connectivity index (χ0n) is 10.9. The summed E-state index contributed by atoms with van der Waals surface area (Å²) in [5.74, 6) is 0. The molecule has 2 heteroatoms. The van der Waals surface area contributed by atoms with Crippen LogP contribution < -0.4 is 0 Å². The molecule has 0 aromatic rings. The third kappa shape index (κ3) is 6.24. The van der Waals surface area contributed by atoms with Gasteiger partial charge in [-0.15, -0.1) is 0 Å². The van der Waals surface area contributed by atoms with E-state index in [4.69, 9.17) is 4.74 Å². The van der Waals surface area contributed by atoms with Gasteiger partial charge < -0.3 is 4.74 Å². The van der Waals surface area contributed by atoms with E-state index in [0.717, 1.165) is 11.9 Å². The molecule has 1 fully saturated rings. The molecule has 0 saturated carbocycles. The highest BCUT2D eigenvalue weighted by molar-refractivity contribution is 9.09. The average Bonchev–Trinajstić information content (AvgIpc) is 2.25. The van der Waals surface area contributed by atoms with Gasteiger partial charge in [0.15, 0.2) is 0 Å². The van der Waals surface area contributed by atoms with Gasteiger partial charge in [0.2, 0.25) is 0 Å². The topological polar surface area (TPSA) is 9.23 Å². The summed E-state index contributed by atoms with van der Waals surface area (Å²) < 4.78 is 5.83. The van der Waals surface area contributed by atoms with Crippen LogP contribution in [0.15, 0.2) is 0 Å². The Morgan fingerprint density at radius 3 is 2.62 bits per heavy atom. The summed E-state index contributed by atoms with van der Waals surface area (Å²) in [6.07, 6.45) is 11.1. The molecule has 0 aromatic carbocycles. The number of ether oxygens (including phenoxy) is 1. The van der Waals surface area contributed by atoms with Crippen LogP contribution in [0.25, 0.3) is 0 Å². The molecule has 0 aliphatic carbocycles. The first-order valence-electron chi connectivity index (χ1n) is 6.82. The predicted molar refractivity (Wildman–Crippen MR) is 74.3 cm³/mol. The maximum Gasteiger partial charge on any atom is 0.0580 e. The summed E-state index contributed by atoms with van der Waals surface area (Å²) in [5.41, 5.74) is 0.467. The largest absolute Gasteiger partial charge is 0.378 e. The normalized spacial score (nSPS) is 22.3. The van der Waals surface area contributed by atoms with E-state index in [1.807, 2.05) is 0 Å². The van der Waals surface area contributed by atoms with E-state index in [9.17, 15) is 0 Å². The molecule has 1 aliphatic rings. The molecule has 1 saturated heterocycles. The van der Waals surface area contributed by atoms with E-state index in [1.54, 1.807) is 0 Å². The van der Waals surface area contributed by atoms with Gasteiger partial charge in [-0.2, -0.15) is 0 Å². The van der Waals surface area contributed by atoms with Gasteiger partial charge in [-0.1, -0.05) is 42.6 Å². The molecule has 1 unspecified atom stereocenters. The maximum atomic E-state index is 5.83. The first kappa shape index (κ1) is 14.5. The van der Waals surface area contributed by atoms with Crippen molar-refractivity contribution >= 4 is 15.9 Å². The Morgan fingerprint density at radius 1 is 1.19 bits per heavy atom. The highest BCUT2D eigenvalue weighted by Crippen LogP contribution is 2.32. The number of halogens is 1. The zero-order chi connectivity index (χ0) is 11.9. The SMILES string of the molecule is CC(C)(CCCCCBr)CC1CCCCO1. The van der Waals surface area contributed by atoms with E-state index >= 15 is 0 Å². The number of alkyl halides is 1. The molecule has 1 nitrogen and oxygen atoms in total. The van der Waals surface area contributed by atoms with Crippen LogP contribution in [0, 0.1) is 5.41 Å². The number of rotatable bonds is 7. The Labute approximate surface area is 109 Å². The summed E-state index contributed by atoms with van der Waals surface area (Å²) >= 11 is 3.49. The van der Waals surface area contributed by atoms with Crippen molar-refractivity contribution < 1.29 is 4.74 Å². The minimum absolute atomic E-state index is 0.467. The molecule has 0 N–H and O–H groups in total. The Morgan fingerprint density at radius 2 is 2.00 bits per heavy atom. The molecule has 96 valence electrons. The van der Waals surface area contributed by atoms with Crippen LogP contribution in [0.2, 0.25) is 0 Å². The van der Waals surface area contributed by atoms with Crippen molar-refractivity contribution in [1.29, 1.82) is 0 Å². The van der Waals surface area contributed by atoms with Crippen molar-refractivity contribution in [3.8, 4) is 0 Å². The maximum absolute atomic E-state index is 5.83. The van der Waals surface area contributed by atoms with Crippen LogP contribution in [-0.4, -0.2) is 18.0 Å². The van der Waals surface area contributed by atoms with Crippen molar-refractivity contribution in [2.24, 2.45) is 5.41 Å². The second kappa shape index (κ2) is 7.71. The molecule has 0 bridgehead atoms. The lowest BCUT2D eigenvalue weighted by Gasteiger charge is -2.32. The van der Waals surface area contributed by atoms with Crippen molar-refractivity contribution in [3.05, 3.63) is 0 Å². The first-order valence-corrected chi connectivity index (χ1v) is 7.94. The van der Waals surface area contributed by atoms with Crippen LogP contribution in [0.5, 0.6) is 0 Å². The molecular weight excluding hydrogens is 264 g/mol. The van der Waals surface area contributed by atoms with Crippen LogP contribution in [0.4, 0.5) is 0 Å². The second-order valence-electron chi connectivity index (χ2n) is 5.86. The van der Waals surface area contributed by atoms with Gasteiger partial charge in [0.1, 0.15) is 0 Å². The van der Waals surface area contributed by atoms with E-state index in [0.29, 0.717) is 11.5 Å². The minimum atomic E-state index is 0.467. The second-order valence-corrected chi connectivity index (χ2v) is 6.65. The molecule has 0 amide bonds. The fraction of sp³-hybridized carbons (Fsp3) is 1.00. The van der Waals surface area contributed by atoms with Crippen molar-refractivity contribution in [2.75, 3.05) is 11.9 Å². The molecular formula is C14H27BrO. The van der Waals surface area contributed by atoms with Crippen LogP contribution in [-0.2, 0) is 4.74 Å². The standard InChI is InChI=1S/C14H27BrO/c1-14(2,9-5-3-6-10-15)12-13-8-4-7-11-16-13/h13H,3-12H2,1-2H3. The summed E-state index contributed by atoms with van der Waals surface area (Å²) in [6, 6.07) is 0. The quantitative estimate of drug-likeness (QED) is 0.477. The third-order valence-electron chi connectivity index (χ3n) is 3.54. The van der Waals surface area contributed by atoms with E-state index < -0.39 is 0 Å². The van der Waals surface area contributed by atoms with E-state index in [2.05, 4.69) is 29.8 Å². The van der Waals surface area contributed by atoms with Gasteiger partial charge in [0, 0.05) is 11.9 Å². The fourth-order valence-electron chi connectivity index (χ4n) is 2.56. The molecule has 1 aliphatic heterocycles. The fourth-order valence-corrected chi connectivity index (χ4v) is 2.96.